The van der Waals surface area contributed by atoms with Crippen LogP contribution >= 0.6 is 0 Å². The van der Waals surface area contributed by atoms with Gasteiger partial charge in [0.05, 0.1) is 6.54 Å². The quantitative estimate of drug-likeness (QED) is 0.822. The average molecular weight is 280 g/mol. The molecule has 2 N–H and O–H groups in total. The van der Waals surface area contributed by atoms with Gasteiger partial charge in [0.2, 0.25) is 5.91 Å². The zero-order valence-electron chi connectivity index (χ0n) is 11.5. The standard InChI is InChI=1S/C15H21FN2O2/c16-14-3-1-12(2-4-14)9-17-15(20)11-18-7-5-13(10-18)6-8-19/h1-4,13,19H,5-11H2,(H,17,20). The maximum absolute atomic E-state index is 12.7. The van der Waals surface area contributed by atoms with Crippen LogP contribution in [0.15, 0.2) is 24.3 Å². The van der Waals surface area contributed by atoms with Crippen LogP contribution in [0.1, 0.15) is 18.4 Å². The van der Waals surface area contributed by atoms with Crippen molar-refractivity contribution in [1.82, 2.24) is 10.2 Å². The van der Waals surface area contributed by atoms with Gasteiger partial charge in [-0.25, -0.2) is 4.39 Å². The number of carbonyl (C=O) groups excluding carboxylic acids is 1. The summed E-state index contributed by atoms with van der Waals surface area (Å²) < 4.78 is 12.7. The highest BCUT2D eigenvalue weighted by Gasteiger charge is 2.23. The van der Waals surface area contributed by atoms with Gasteiger partial charge in [-0.15, -0.1) is 0 Å². The molecule has 0 saturated carbocycles. The van der Waals surface area contributed by atoms with Gasteiger partial charge in [0.25, 0.3) is 0 Å². The summed E-state index contributed by atoms with van der Waals surface area (Å²) in [6.07, 6.45) is 1.86. The molecule has 0 aromatic heterocycles. The largest absolute Gasteiger partial charge is 0.396 e. The number of rotatable bonds is 6. The summed E-state index contributed by atoms with van der Waals surface area (Å²) in [4.78, 5) is 13.9. The molecule has 1 unspecified atom stereocenters. The second kappa shape index (κ2) is 7.36. The van der Waals surface area contributed by atoms with Gasteiger partial charge < -0.3 is 10.4 Å². The van der Waals surface area contributed by atoms with E-state index in [0.717, 1.165) is 31.5 Å². The first-order valence-corrected chi connectivity index (χ1v) is 7.01. The molecule has 0 bridgehead atoms. The lowest BCUT2D eigenvalue weighted by Gasteiger charge is -2.15. The minimum atomic E-state index is -0.271. The van der Waals surface area contributed by atoms with Crippen LogP contribution in [0.25, 0.3) is 0 Å². The first-order valence-electron chi connectivity index (χ1n) is 7.01. The minimum Gasteiger partial charge on any atom is -0.396 e. The summed E-state index contributed by atoms with van der Waals surface area (Å²) in [5.41, 5.74) is 0.888. The third-order valence-electron chi connectivity index (χ3n) is 3.68. The van der Waals surface area contributed by atoms with Gasteiger partial charge in [-0.05, 0) is 43.0 Å². The summed E-state index contributed by atoms with van der Waals surface area (Å²) in [6.45, 7) is 2.82. The maximum atomic E-state index is 12.7. The van der Waals surface area contributed by atoms with Crippen LogP contribution in [-0.4, -0.2) is 42.2 Å². The summed E-state index contributed by atoms with van der Waals surface area (Å²) in [5.74, 6) is 0.218. The van der Waals surface area contributed by atoms with Crippen molar-refractivity contribution >= 4 is 5.91 Å². The summed E-state index contributed by atoms with van der Waals surface area (Å²) in [6, 6.07) is 6.12. The molecule has 1 heterocycles. The summed E-state index contributed by atoms with van der Waals surface area (Å²) >= 11 is 0. The van der Waals surface area contributed by atoms with E-state index in [2.05, 4.69) is 10.2 Å². The van der Waals surface area contributed by atoms with E-state index in [1.807, 2.05) is 0 Å². The molecular weight excluding hydrogens is 259 g/mol. The third kappa shape index (κ3) is 4.58. The van der Waals surface area contributed by atoms with Crippen LogP contribution < -0.4 is 5.32 Å². The molecule has 20 heavy (non-hydrogen) atoms. The lowest BCUT2D eigenvalue weighted by molar-refractivity contribution is -0.122. The summed E-state index contributed by atoms with van der Waals surface area (Å²) in [5, 5.41) is 11.7. The van der Waals surface area contributed by atoms with E-state index in [0.29, 0.717) is 19.0 Å². The molecule has 1 aliphatic heterocycles. The van der Waals surface area contributed by atoms with Crippen molar-refractivity contribution in [2.24, 2.45) is 5.92 Å². The highest BCUT2D eigenvalue weighted by molar-refractivity contribution is 5.78. The van der Waals surface area contributed by atoms with Gasteiger partial charge in [-0.3, -0.25) is 9.69 Å². The topological polar surface area (TPSA) is 52.6 Å². The Morgan fingerprint density at radius 3 is 2.85 bits per heavy atom. The van der Waals surface area contributed by atoms with Crippen LogP contribution in [0.4, 0.5) is 4.39 Å². The SMILES string of the molecule is O=C(CN1CCC(CCO)C1)NCc1ccc(F)cc1. The van der Waals surface area contributed by atoms with Crippen LogP contribution in [-0.2, 0) is 11.3 Å². The van der Waals surface area contributed by atoms with Crippen molar-refractivity contribution in [2.45, 2.75) is 19.4 Å². The van der Waals surface area contributed by atoms with Crippen LogP contribution in [0.3, 0.4) is 0 Å². The maximum Gasteiger partial charge on any atom is 0.234 e. The van der Waals surface area contributed by atoms with Crippen molar-refractivity contribution < 1.29 is 14.3 Å². The molecule has 1 aliphatic rings. The molecule has 5 heteroatoms. The molecule has 0 radical (unpaired) electrons. The first kappa shape index (κ1) is 14.9. The molecule has 1 aromatic carbocycles. The molecule has 1 aromatic rings. The van der Waals surface area contributed by atoms with Gasteiger partial charge in [0, 0.05) is 19.7 Å². The molecule has 1 atom stereocenters. The first-order chi connectivity index (χ1) is 9.67. The van der Waals surface area contributed by atoms with E-state index in [9.17, 15) is 9.18 Å². The zero-order valence-corrected chi connectivity index (χ0v) is 11.5. The van der Waals surface area contributed by atoms with Crippen LogP contribution in [0, 0.1) is 11.7 Å². The minimum absolute atomic E-state index is 0.0148. The van der Waals surface area contributed by atoms with E-state index in [1.165, 1.54) is 12.1 Å². The number of hydrogen-bond acceptors (Lipinski definition) is 3. The number of nitrogens with zero attached hydrogens (tertiary/aromatic N) is 1. The molecule has 2 rings (SSSR count). The molecule has 1 amide bonds. The normalized spacial score (nSPS) is 19.2. The molecule has 4 nitrogen and oxygen atoms in total. The number of benzene rings is 1. The van der Waals surface area contributed by atoms with Gasteiger partial charge in [-0.1, -0.05) is 12.1 Å². The average Bonchev–Trinajstić information content (AvgIpc) is 2.86. The van der Waals surface area contributed by atoms with Gasteiger partial charge in [0.1, 0.15) is 5.82 Å². The van der Waals surface area contributed by atoms with E-state index >= 15 is 0 Å². The zero-order chi connectivity index (χ0) is 14.4. The Morgan fingerprint density at radius 2 is 2.15 bits per heavy atom. The molecule has 0 spiro atoms. The number of amides is 1. The van der Waals surface area contributed by atoms with E-state index < -0.39 is 0 Å². The Bertz CT molecular complexity index is 436. The second-order valence-electron chi connectivity index (χ2n) is 5.31. The number of hydrogen-bond donors (Lipinski definition) is 2. The van der Waals surface area contributed by atoms with Crippen molar-refractivity contribution in [2.75, 3.05) is 26.2 Å². The fourth-order valence-electron chi connectivity index (χ4n) is 2.54. The Balaban J connectivity index is 1.69. The molecular formula is C15H21FN2O2. The lowest BCUT2D eigenvalue weighted by Crippen LogP contribution is -2.35. The highest BCUT2D eigenvalue weighted by atomic mass is 19.1. The predicted octanol–water partition coefficient (Wildman–Crippen LogP) is 1.15. The molecule has 1 fully saturated rings. The Labute approximate surface area is 118 Å². The predicted molar refractivity (Wildman–Crippen MR) is 74.5 cm³/mol. The van der Waals surface area contributed by atoms with E-state index in [-0.39, 0.29) is 18.3 Å². The van der Waals surface area contributed by atoms with Crippen molar-refractivity contribution in [3.63, 3.8) is 0 Å². The highest BCUT2D eigenvalue weighted by Crippen LogP contribution is 2.18. The second-order valence-corrected chi connectivity index (χ2v) is 5.31. The monoisotopic (exact) mass is 280 g/mol. The van der Waals surface area contributed by atoms with Crippen LogP contribution in [0.2, 0.25) is 0 Å². The summed E-state index contributed by atoms with van der Waals surface area (Å²) in [7, 11) is 0. The molecule has 1 saturated heterocycles. The molecule has 110 valence electrons. The Kier molecular flexibility index (Phi) is 5.49. The van der Waals surface area contributed by atoms with Gasteiger partial charge in [0.15, 0.2) is 0 Å². The third-order valence-corrected chi connectivity index (χ3v) is 3.68. The number of carbonyl (C=O) groups is 1. The van der Waals surface area contributed by atoms with E-state index in [4.69, 9.17) is 5.11 Å². The lowest BCUT2D eigenvalue weighted by atomic mass is 10.1. The number of halogens is 1. The smallest absolute Gasteiger partial charge is 0.234 e. The fraction of sp³-hybridized carbons (Fsp3) is 0.533. The molecule has 0 aliphatic carbocycles. The number of aliphatic hydroxyl groups is 1. The van der Waals surface area contributed by atoms with Crippen LogP contribution in [0.5, 0.6) is 0 Å². The van der Waals surface area contributed by atoms with Gasteiger partial charge >= 0.3 is 0 Å². The number of likely N-dealkylation sites (tertiary alicyclic amines) is 1. The van der Waals surface area contributed by atoms with E-state index in [1.54, 1.807) is 12.1 Å². The number of aliphatic hydroxyl groups excluding tert-OH is 1. The van der Waals surface area contributed by atoms with Gasteiger partial charge in [-0.2, -0.15) is 0 Å². The van der Waals surface area contributed by atoms with Crippen molar-refractivity contribution in [3.05, 3.63) is 35.6 Å². The Morgan fingerprint density at radius 1 is 1.40 bits per heavy atom. The fourth-order valence-corrected chi connectivity index (χ4v) is 2.54. The number of nitrogens with one attached hydrogen (secondary N) is 1. The van der Waals surface area contributed by atoms with Crippen molar-refractivity contribution in [3.8, 4) is 0 Å². The van der Waals surface area contributed by atoms with Crippen molar-refractivity contribution in [1.29, 1.82) is 0 Å². The Hall–Kier alpha value is -1.46.